The van der Waals surface area contributed by atoms with Gasteiger partial charge in [-0.05, 0) is 30.9 Å². The van der Waals surface area contributed by atoms with E-state index in [2.05, 4.69) is 9.97 Å². The Morgan fingerprint density at radius 2 is 1.96 bits per heavy atom. The Hall–Kier alpha value is -2.26. The summed E-state index contributed by atoms with van der Waals surface area (Å²) in [7, 11) is -0.919. The van der Waals surface area contributed by atoms with Crippen LogP contribution in [0.2, 0.25) is 0 Å². The standard InChI is InChI=1S/C18H22FN3O4S/c1-25-14-6-5-12(16(8-14)26-2)9-18(27(20,23)24)7-3-4-15(18)17-21-10-13(19)11-22-17/h5-6,8,10-11,15H,3-4,7,9H2,1-2H3,(H2,20,23,24). The monoisotopic (exact) mass is 395 g/mol. The molecule has 2 N–H and O–H groups in total. The number of benzene rings is 1. The molecule has 1 saturated carbocycles. The van der Waals surface area contributed by atoms with E-state index >= 15 is 0 Å². The quantitative estimate of drug-likeness (QED) is 0.804. The summed E-state index contributed by atoms with van der Waals surface area (Å²) >= 11 is 0. The van der Waals surface area contributed by atoms with Crippen molar-refractivity contribution in [3.63, 3.8) is 0 Å². The van der Waals surface area contributed by atoms with E-state index in [0.29, 0.717) is 36.3 Å². The number of hydrogen-bond donors (Lipinski definition) is 1. The Kier molecular flexibility index (Phi) is 5.34. The molecule has 27 heavy (non-hydrogen) atoms. The minimum atomic E-state index is -3.97. The van der Waals surface area contributed by atoms with Gasteiger partial charge in [0.1, 0.15) is 22.1 Å². The Bertz CT molecular complexity index is 921. The van der Waals surface area contributed by atoms with Crippen LogP contribution in [0.4, 0.5) is 4.39 Å². The molecule has 0 amide bonds. The number of ether oxygens (including phenoxy) is 2. The molecule has 0 bridgehead atoms. The van der Waals surface area contributed by atoms with E-state index in [1.165, 1.54) is 7.11 Å². The van der Waals surface area contributed by atoms with Crippen molar-refractivity contribution in [2.45, 2.75) is 36.3 Å². The molecule has 0 radical (unpaired) electrons. The van der Waals surface area contributed by atoms with E-state index in [9.17, 15) is 12.8 Å². The van der Waals surface area contributed by atoms with Gasteiger partial charge in [0.25, 0.3) is 0 Å². The summed E-state index contributed by atoms with van der Waals surface area (Å²) in [4.78, 5) is 8.05. The molecule has 2 atom stereocenters. The summed E-state index contributed by atoms with van der Waals surface area (Å²) in [5.41, 5.74) is 0.696. The highest BCUT2D eigenvalue weighted by atomic mass is 32.2. The molecular weight excluding hydrogens is 373 g/mol. The maximum absolute atomic E-state index is 13.2. The summed E-state index contributed by atoms with van der Waals surface area (Å²) < 4.78 is 48.0. The highest BCUT2D eigenvalue weighted by Crippen LogP contribution is 2.49. The first-order valence-electron chi connectivity index (χ1n) is 8.51. The SMILES string of the molecule is COc1ccc(CC2(S(N)(=O)=O)CCCC2c2ncc(F)cn2)c(OC)c1. The van der Waals surface area contributed by atoms with E-state index < -0.39 is 26.5 Å². The Morgan fingerprint density at radius 1 is 1.26 bits per heavy atom. The van der Waals surface area contributed by atoms with Crippen molar-refractivity contribution < 1.29 is 22.3 Å². The third kappa shape index (κ3) is 3.61. The second-order valence-corrected chi connectivity index (χ2v) is 8.57. The third-order valence-corrected chi connectivity index (χ3v) is 7.00. The van der Waals surface area contributed by atoms with Gasteiger partial charge in [0.2, 0.25) is 10.0 Å². The number of hydrogen-bond acceptors (Lipinski definition) is 6. The summed E-state index contributed by atoms with van der Waals surface area (Å²) in [6, 6.07) is 5.21. The van der Waals surface area contributed by atoms with Crippen LogP contribution in [0.25, 0.3) is 0 Å². The average molecular weight is 395 g/mol. The molecule has 2 unspecified atom stereocenters. The largest absolute Gasteiger partial charge is 0.497 e. The fourth-order valence-electron chi connectivity index (χ4n) is 3.88. The van der Waals surface area contributed by atoms with Crippen LogP contribution in [0.15, 0.2) is 30.6 Å². The topological polar surface area (TPSA) is 104 Å². The van der Waals surface area contributed by atoms with Crippen molar-refractivity contribution >= 4 is 10.0 Å². The van der Waals surface area contributed by atoms with Crippen LogP contribution >= 0.6 is 0 Å². The molecule has 146 valence electrons. The summed E-state index contributed by atoms with van der Waals surface area (Å²) in [6.07, 6.45) is 3.81. The molecule has 1 aromatic heterocycles. The Balaban J connectivity index is 2.07. The van der Waals surface area contributed by atoms with E-state index in [-0.39, 0.29) is 12.2 Å². The van der Waals surface area contributed by atoms with Crippen LogP contribution in [0, 0.1) is 5.82 Å². The van der Waals surface area contributed by atoms with Crippen molar-refractivity contribution in [1.82, 2.24) is 9.97 Å². The zero-order valence-electron chi connectivity index (χ0n) is 15.2. The van der Waals surface area contributed by atoms with Crippen LogP contribution in [-0.2, 0) is 16.4 Å². The lowest BCUT2D eigenvalue weighted by molar-refractivity contribution is 0.385. The maximum atomic E-state index is 13.2. The van der Waals surface area contributed by atoms with Gasteiger partial charge in [-0.25, -0.2) is 27.9 Å². The zero-order chi connectivity index (χ0) is 19.7. The first kappa shape index (κ1) is 19.5. The number of sulfonamides is 1. The second kappa shape index (κ2) is 7.40. The smallest absolute Gasteiger partial charge is 0.215 e. The first-order valence-corrected chi connectivity index (χ1v) is 10.1. The van der Waals surface area contributed by atoms with Crippen LogP contribution in [0.1, 0.15) is 36.6 Å². The molecule has 0 saturated heterocycles. The van der Waals surface area contributed by atoms with Crippen molar-refractivity contribution in [2.75, 3.05) is 14.2 Å². The van der Waals surface area contributed by atoms with Crippen LogP contribution in [-0.4, -0.2) is 37.4 Å². The summed E-state index contributed by atoms with van der Waals surface area (Å²) in [5.74, 6) is 0.304. The third-order valence-electron chi connectivity index (χ3n) is 5.23. The molecule has 7 nitrogen and oxygen atoms in total. The predicted octanol–water partition coefficient (Wildman–Crippen LogP) is 2.17. The van der Waals surface area contributed by atoms with Gasteiger partial charge >= 0.3 is 0 Å². The summed E-state index contributed by atoms with van der Waals surface area (Å²) in [5, 5.41) is 5.71. The lowest BCUT2D eigenvalue weighted by Gasteiger charge is -2.33. The molecule has 0 spiro atoms. The number of nitrogens with zero attached hydrogens (tertiary/aromatic N) is 2. The van der Waals surface area contributed by atoms with Gasteiger partial charge in [-0.15, -0.1) is 0 Å². The molecule has 9 heteroatoms. The number of rotatable bonds is 6. The van der Waals surface area contributed by atoms with Crippen LogP contribution in [0.5, 0.6) is 11.5 Å². The molecule has 1 aromatic carbocycles. The average Bonchev–Trinajstić information content (AvgIpc) is 3.07. The number of primary sulfonamides is 1. The number of halogens is 1. The normalized spacial score (nSPS) is 22.6. The number of nitrogens with two attached hydrogens (primary N) is 1. The number of methoxy groups -OCH3 is 2. The van der Waals surface area contributed by atoms with Gasteiger partial charge in [-0.1, -0.05) is 12.5 Å². The highest BCUT2D eigenvalue weighted by Gasteiger charge is 2.53. The van der Waals surface area contributed by atoms with Crippen LogP contribution < -0.4 is 14.6 Å². The minimum Gasteiger partial charge on any atom is -0.497 e. The van der Waals surface area contributed by atoms with Gasteiger partial charge in [-0.2, -0.15) is 0 Å². The molecule has 1 fully saturated rings. The Morgan fingerprint density at radius 3 is 2.56 bits per heavy atom. The fraction of sp³-hybridized carbons (Fsp3) is 0.444. The number of aromatic nitrogens is 2. The van der Waals surface area contributed by atoms with E-state index in [1.54, 1.807) is 25.3 Å². The summed E-state index contributed by atoms with van der Waals surface area (Å²) in [6.45, 7) is 0. The molecular formula is C18H22FN3O4S. The van der Waals surface area contributed by atoms with E-state index in [0.717, 1.165) is 12.4 Å². The van der Waals surface area contributed by atoms with Gasteiger partial charge in [-0.3, -0.25) is 0 Å². The molecule has 1 aliphatic rings. The molecule has 1 heterocycles. The highest BCUT2D eigenvalue weighted by molar-refractivity contribution is 7.90. The fourth-order valence-corrected chi connectivity index (χ4v) is 5.29. The molecule has 2 aromatic rings. The van der Waals surface area contributed by atoms with Crippen molar-refractivity contribution in [1.29, 1.82) is 0 Å². The lowest BCUT2D eigenvalue weighted by Crippen LogP contribution is -2.47. The zero-order valence-corrected chi connectivity index (χ0v) is 16.0. The van der Waals surface area contributed by atoms with Gasteiger partial charge in [0, 0.05) is 12.0 Å². The van der Waals surface area contributed by atoms with E-state index in [4.69, 9.17) is 14.6 Å². The van der Waals surface area contributed by atoms with Crippen molar-refractivity contribution in [3.8, 4) is 11.5 Å². The van der Waals surface area contributed by atoms with Crippen molar-refractivity contribution in [2.24, 2.45) is 5.14 Å². The van der Waals surface area contributed by atoms with E-state index in [1.807, 2.05) is 0 Å². The molecule has 0 aliphatic heterocycles. The van der Waals surface area contributed by atoms with Gasteiger partial charge < -0.3 is 9.47 Å². The molecule has 3 rings (SSSR count). The van der Waals surface area contributed by atoms with Crippen LogP contribution in [0.3, 0.4) is 0 Å². The van der Waals surface area contributed by atoms with Gasteiger partial charge in [0.15, 0.2) is 5.82 Å². The Labute approximate surface area is 157 Å². The first-order chi connectivity index (χ1) is 12.8. The minimum absolute atomic E-state index is 0.143. The van der Waals surface area contributed by atoms with Gasteiger partial charge in [0.05, 0.1) is 26.6 Å². The second-order valence-electron chi connectivity index (χ2n) is 6.67. The lowest BCUT2D eigenvalue weighted by atomic mass is 9.87. The van der Waals surface area contributed by atoms with Crippen molar-refractivity contribution in [3.05, 3.63) is 47.8 Å². The maximum Gasteiger partial charge on any atom is 0.215 e. The molecule has 1 aliphatic carbocycles. The predicted molar refractivity (Wildman–Crippen MR) is 97.7 cm³/mol.